The average molecular weight is 344 g/mol. The van der Waals surface area contributed by atoms with Crippen LogP contribution < -0.4 is 10.6 Å². The molecule has 6 heteroatoms. The van der Waals surface area contributed by atoms with E-state index in [1.807, 2.05) is 0 Å². The lowest BCUT2D eigenvalue weighted by atomic mass is 10.1. The predicted molar refractivity (Wildman–Crippen MR) is 95.6 cm³/mol. The molecular formula is C18H36N2O4. The summed E-state index contributed by atoms with van der Waals surface area (Å²) in [6.45, 7) is 1.37. The van der Waals surface area contributed by atoms with Crippen molar-refractivity contribution in [1.29, 1.82) is 0 Å². The summed E-state index contributed by atoms with van der Waals surface area (Å²) in [5, 5.41) is 22.8. The molecule has 0 aliphatic heterocycles. The van der Waals surface area contributed by atoms with Gasteiger partial charge in [0.1, 0.15) is 0 Å². The van der Waals surface area contributed by atoms with Crippen molar-refractivity contribution in [2.45, 2.75) is 77.0 Å². The van der Waals surface area contributed by atoms with E-state index in [-0.39, 0.29) is 25.0 Å². The van der Waals surface area contributed by atoms with Gasteiger partial charge in [0.15, 0.2) is 0 Å². The van der Waals surface area contributed by atoms with Crippen LogP contribution in [0.5, 0.6) is 0 Å². The SMILES string of the molecule is O=C(CCCCCCCCCCC(=O)NCCCO)NCCCO. The van der Waals surface area contributed by atoms with Crippen molar-refractivity contribution >= 4 is 11.8 Å². The molecule has 0 rings (SSSR count). The van der Waals surface area contributed by atoms with E-state index < -0.39 is 0 Å². The van der Waals surface area contributed by atoms with Gasteiger partial charge in [-0.25, -0.2) is 0 Å². The number of unbranched alkanes of at least 4 members (excludes halogenated alkanes) is 7. The second-order valence-electron chi connectivity index (χ2n) is 6.18. The van der Waals surface area contributed by atoms with Crippen molar-refractivity contribution in [3.05, 3.63) is 0 Å². The third-order valence-corrected chi connectivity index (χ3v) is 3.87. The molecule has 24 heavy (non-hydrogen) atoms. The van der Waals surface area contributed by atoms with Gasteiger partial charge in [-0.1, -0.05) is 38.5 Å². The van der Waals surface area contributed by atoms with Crippen LogP contribution in [0.3, 0.4) is 0 Å². The topological polar surface area (TPSA) is 98.7 Å². The molecule has 0 fully saturated rings. The van der Waals surface area contributed by atoms with Crippen LogP contribution >= 0.6 is 0 Å². The summed E-state index contributed by atoms with van der Waals surface area (Å²) in [7, 11) is 0. The molecule has 0 unspecified atom stereocenters. The minimum atomic E-state index is 0.0840. The van der Waals surface area contributed by atoms with Crippen molar-refractivity contribution < 1.29 is 19.8 Å². The molecule has 0 bridgehead atoms. The lowest BCUT2D eigenvalue weighted by Gasteiger charge is -2.05. The number of nitrogens with one attached hydrogen (secondary N) is 2. The molecule has 0 aliphatic carbocycles. The minimum absolute atomic E-state index is 0.0840. The number of carbonyl (C=O) groups is 2. The molecule has 0 atom stereocenters. The zero-order valence-corrected chi connectivity index (χ0v) is 15.0. The van der Waals surface area contributed by atoms with Crippen molar-refractivity contribution in [3.8, 4) is 0 Å². The fourth-order valence-corrected chi connectivity index (χ4v) is 2.42. The van der Waals surface area contributed by atoms with E-state index in [2.05, 4.69) is 10.6 Å². The van der Waals surface area contributed by atoms with Gasteiger partial charge in [-0.2, -0.15) is 0 Å². The number of hydrogen-bond acceptors (Lipinski definition) is 4. The maximum Gasteiger partial charge on any atom is 0.219 e. The summed E-state index contributed by atoms with van der Waals surface area (Å²) in [5.41, 5.74) is 0. The van der Waals surface area contributed by atoms with Crippen molar-refractivity contribution in [1.82, 2.24) is 10.6 Å². The van der Waals surface area contributed by atoms with Crippen molar-refractivity contribution in [3.63, 3.8) is 0 Å². The largest absolute Gasteiger partial charge is 0.396 e. The molecule has 4 N–H and O–H groups in total. The van der Waals surface area contributed by atoms with Crippen LogP contribution in [0.2, 0.25) is 0 Å². The van der Waals surface area contributed by atoms with Crippen molar-refractivity contribution in [2.75, 3.05) is 26.3 Å². The smallest absolute Gasteiger partial charge is 0.219 e. The third-order valence-electron chi connectivity index (χ3n) is 3.87. The summed E-state index contributed by atoms with van der Waals surface area (Å²) in [6, 6.07) is 0. The molecule has 0 radical (unpaired) electrons. The lowest BCUT2D eigenvalue weighted by molar-refractivity contribution is -0.122. The van der Waals surface area contributed by atoms with E-state index in [9.17, 15) is 9.59 Å². The Hall–Kier alpha value is -1.14. The lowest BCUT2D eigenvalue weighted by Crippen LogP contribution is -2.24. The highest BCUT2D eigenvalue weighted by molar-refractivity contribution is 5.76. The molecule has 0 spiro atoms. The molecule has 0 aromatic heterocycles. The summed E-state index contributed by atoms with van der Waals surface area (Å²) in [4.78, 5) is 22.9. The Morgan fingerprint density at radius 1 is 0.542 bits per heavy atom. The number of hydrogen-bond donors (Lipinski definition) is 4. The van der Waals surface area contributed by atoms with E-state index in [0.29, 0.717) is 38.8 Å². The Bertz CT molecular complexity index is 281. The molecule has 0 aliphatic rings. The van der Waals surface area contributed by atoms with E-state index >= 15 is 0 Å². The van der Waals surface area contributed by atoms with Crippen LogP contribution in [0.15, 0.2) is 0 Å². The highest BCUT2D eigenvalue weighted by Crippen LogP contribution is 2.10. The second kappa shape index (κ2) is 18.2. The summed E-state index contributed by atoms with van der Waals surface area (Å²) < 4.78 is 0. The zero-order valence-electron chi connectivity index (χ0n) is 15.0. The maximum atomic E-state index is 11.4. The molecule has 0 saturated carbocycles. The normalized spacial score (nSPS) is 10.6. The first-order valence-corrected chi connectivity index (χ1v) is 9.45. The van der Waals surface area contributed by atoms with Gasteiger partial charge in [-0.05, 0) is 25.7 Å². The number of aliphatic hydroxyl groups is 2. The van der Waals surface area contributed by atoms with Crippen LogP contribution in [0.4, 0.5) is 0 Å². The van der Waals surface area contributed by atoms with Gasteiger partial charge in [-0.3, -0.25) is 9.59 Å². The van der Waals surface area contributed by atoms with Gasteiger partial charge in [0.25, 0.3) is 0 Å². The van der Waals surface area contributed by atoms with Crippen LogP contribution in [0, 0.1) is 0 Å². The van der Waals surface area contributed by atoms with Crippen LogP contribution in [-0.4, -0.2) is 48.3 Å². The molecule has 0 aromatic rings. The molecule has 142 valence electrons. The first-order chi connectivity index (χ1) is 11.7. The standard InChI is InChI=1S/C18H36N2O4/c21-15-9-13-19-17(23)11-7-5-3-1-2-4-6-8-12-18(24)20-14-10-16-22/h21-22H,1-16H2,(H,19,23)(H,20,24). The van der Waals surface area contributed by atoms with E-state index in [4.69, 9.17) is 10.2 Å². The summed E-state index contributed by atoms with van der Waals surface area (Å²) in [5.74, 6) is 0.168. The molecular weight excluding hydrogens is 308 g/mol. The summed E-state index contributed by atoms with van der Waals surface area (Å²) in [6.07, 6.45) is 11.1. The van der Waals surface area contributed by atoms with Crippen LogP contribution in [0.1, 0.15) is 77.0 Å². The Balaban J connectivity index is 3.20. The molecule has 2 amide bonds. The predicted octanol–water partition coefficient (Wildman–Crippen LogP) is 1.88. The number of aliphatic hydroxyl groups excluding tert-OH is 2. The third kappa shape index (κ3) is 17.2. The van der Waals surface area contributed by atoms with Gasteiger partial charge in [0, 0.05) is 39.1 Å². The van der Waals surface area contributed by atoms with Crippen LogP contribution in [-0.2, 0) is 9.59 Å². The first-order valence-electron chi connectivity index (χ1n) is 9.45. The molecule has 6 nitrogen and oxygen atoms in total. The minimum Gasteiger partial charge on any atom is -0.396 e. The van der Waals surface area contributed by atoms with Crippen LogP contribution in [0.25, 0.3) is 0 Å². The maximum absolute atomic E-state index is 11.4. The van der Waals surface area contributed by atoms with Gasteiger partial charge >= 0.3 is 0 Å². The second-order valence-corrected chi connectivity index (χ2v) is 6.18. The van der Waals surface area contributed by atoms with Gasteiger partial charge in [0.2, 0.25) is 11.8 Å². The highest BCUT2D eigenvalue weighted by Gasteiger charge is 2.01. The molecule has 0 aromatic carbocycles. The number of amides is 2. The number of rotatable bonds is 17. The van der Waals surface area contributed by atoms with E-state index in [1.54, 1.807) is 0 Å². The fourth-order valence-electron chi connectivity index (χ4n) is 2.42. The first kappa shape index (κ1) is 22.9. The Kier molecular flexibility index (Phi) is 17.3. The Morgan fingerprint density at radius 3 is 1.21 bits per heavy atom. The monoisotopic (exact) mass is 344 g/mol. The Morgan fingerprint density at radius 2 is 0.875 bits per heavy atom. The summed E-state index contributed by atoms with van der Waals surface area (Å²) >= 11 is 0. The van der Waals surface area contributed by atoms with Gasteiger partial charge in [0.05, 0.1) is 0 Å². The van der Waals surface area contributed by atoms with E-state index in [1.165, 1.54) is 12.8 Å². The highest BCUT2D eigenvalue weighted by atomic mass is 16.3. The fraction of sp³-hybridized carbons (Fsp3) is 0.889. The Labute approximate surface area is 146 Å². The van der Waals surface area contributed by atoms with Crippen molar-refractivity contribution in [2.24, 2.45) is 0 Å². The quantitative estimate of drug-likeness (QED) is 0.303. The molecule has 0 heterocycles. The average Bonchev–Trinajstić information content (AvgIpc) is 2.57. The zero-order chi connectivity index (χ0) is 17.9. The van der Waals surface area contributed by atoms with Gasteiger partial charge < -0.3 is 20.8 Å². The van der Waals surface area contributed by atoms with E-state index in [0.717, 1.165) is 38.5 Å². The van der Waals surface area contributed by atoms with Gasteiger partial charge in [-0.15, -0.1) is 0 Å². The number of carbonyl (C=O) groups excluding carboxylic acids is 2. The molecule has 0 saturated heterocycles.